The summed E-state index contributed by atoms with van der Waals surface area (Å²) < 4.78 is 37.0. The first-order chi connectivity index (χ1) is 8.47. The summed E-state index contributed by atoms with van der Waals surface area (Å²) in [5.74, 6) is 0. The SMILES string of the molecule is Cc1ccccc1NCc1cc(C(F)(F)F)n[nH]1. The lowest BCUT2D eigenvalue weighted by molar-refractivity contribution is -0.141. The molecule has 0 saturated heterocycles. The molecule has 0 fully saturated rings. The van der Waals surface area contributed by atoms with Crippen LogP contribution in [-0.4, -0.2) is 10.2 Å². The Morgan fingerprint density at radius 3 is 2.61 bits per heavy atom. The number of halogens is 3. The molecule has 0 unspecified atom stereocenters. The maximum absolute atomic E-state index is 12.3. The molecular formula is C12H12F3N3. The minimum absolute atomic E-state index is 0.272. The van der Waals surface area contributed by atoms with Crippen molar-refractivity contribution in [3.8, 4) is 0 Å². The van der Waals surface area contributed by atoms with Crippen LogP contribution >= 0.6 is 0 Å². The molecule has 0 saturated carbocycles. The molecule has 0 spiro atoms. The molecule has 96 valence electrons. The van der Waals surface area contributed by atoms with Crippen LogP contribution in [0.3, 0.4) is 0 Å². The van der Waals surface area contributed by atoms with Gasteiger partial charge in [-0.15, -0.1) is 0 Å². The fourth-order valence-corrected chi connectivity index (χ4v) is 1.56. The molecule has 0 aliphatic heterocycles. The molecule has 0 radical (unpaired) electrons. The van der Waals surface area contributed by atoms with E-state index in [0.29, 0.717) is 5.69 Å². The largest absolute Gasteiger partial charge is 0.435 e. The predicted molar refractivity (Wildman–Crippen MR) is 62.1 cm³/mol. The van der Waals surface area contributed by atoms with E-state index >= 15 is 0 Å². The van der Waals surface area contributed by atoms with Crippen LogP contribution in [0.2, 0.25) is 0 Å². The van der Waals surface area contributed by atoms with Crippen LogP contribution in [0, 0.1) is 6.92 Å². The second-order valence-corrected chi connectivity index (χ2v) is 3.94. The van der Waals surface area contributed by atoms with Crippen molar-refractivity contribution in [3.05, 3.63) is 47.3 Å². The van der Waals surface area contributed by atoms with E-state index in [4.69, 9.17) is 0 Å². The van der Waals surface area contributed by atoms with Gasteiger partial charge in [0.2, 0.25) is 0 Å². The molecule has 18 heavy (non-hydrogen) atoms. The van der Waals surface area contributed by atoms with Gasteiger partial charge < -0.3 is 5.32 Å². The summed E-state index contributed by atoms with van der Waals surface area (Å²) in [6, 6.07) is 8.57. The lowest BCUT2D eigenvalue weighted by Crippen LogP contribution is -2.04. The summed E-state index contributed by atoms with van der Waals surface area (Å²) in [7, 11) is 0. The van der Waals surface area contributed by atoms with E-state index < -0.39 is 11.9 Å². The summed E-state index contributed by atoms with van der Waals surface area (Å²) in [6.07, 6.45) is -4.41. The number of hydrogen-bond acceptors (Lipinski definition) is 2. The molecule has 2 aromatic rings. The number of anilines is 1. The van der Waals surface area contributed by atoms with Gasteiger partial charge in [0.1, 0.15) is 0 Å². The molecule has 0 aliphatic rings. The van der Waals surface area contributed by atoms with Gasteiger partial charge in [-0.2, -0.15) is 18.3 Å². The van der Waals surface area contributed by atoms with Crippen molar-refractivity contribution in [1.29, 1.82) is 0 Å². The Labute approximate surface area is 102 Å². The predicted octanol–water partition coefficient (Wildman–Crippen LogP) is 3.35. The average molecular weight is 255 g/mol. The minimum Gasteiger partial charge on any atom is -0.379 e. The molecule has 1 aromatic carbocycles. The number of hydrogen-bond donors (Lipinski definition) is 2. The summed E-state index contributed by atoms with van der Waals surface area (Å²) in [5, 5.41) is 8.66. The van der Waals surface area contributed by atoms with Crippen LogP contribution in [0.4, 0.5) is 18.9 Å². The van der Waals surface area contributed by atoms with E-state index in [1.807, 2.05) is 31.2 Å². The molecule has 2 N–H and O–H groups in total. The zero-order valence-corrected chi connectivity index (χ0v) is 9.67. The van der Waals surface area contributed by atoms with Gasteiger partial charge in [0.05, 0.1) is 12.2 Å². The number of alkyl halides is 3. The van der Waals surface area contributed by atoms with Crippen LogP contribution in [0.5, 0.6) is 0 Å². The quantitative estimate of drug-likeness (QED) is 0.883. The molecule has 0 bridgehead atoms. The molecule has 2 rings (SSSR count). The molecule has 3 nitrogen and oxygen atoms in total. The summed E-state index contributed by atoms with van der Waals surface area (Å²) in [6.45, 7) is 2.20. The Morgan fingerprint density at radius 2 is 2.00 bits per heavy atom. The van der Waals surface area contributed by atoms with E-state index in [2.05, 4.69) is 15.5 Å². The Bertz CT molecular complexity index is 531. The van der Waals surface area contributed by atoms with Gasteiger partial charge in [-0.3, -0.25) is 5.10 Å². The average Bonchev–Trinajstić information content (AvgIpc) is 2.76. The smallest absolute Gasteiger partial charge is 0.379 e. The van der Waals surface area contributed by atoms with Crippen molar-refractivity contribution in [2.45, 2.75) is 19.6 Å². The second kappa shape index (κ2) is 4.72. The van der Waals surface area contributed by atoms with Crippen LogP contribution in [0.15, 0.2) is 30.3 Å². The molecule has 1 aromatic heterocycles. The van der Waals surface area contributed by atoms with Crippen LogP contribution in [-0.2, 0) is 12.7 Å². The third-order valence-electron chi connectivity index (χ3n) is 2.54. The first kappa shape index (κ1) is 12.5. The number of nitrogens with zero attached hydrogens (tertiary/aromatic N) is 1. The number of aromatic nitrogens is 2. The third kappa shape index (κ3) is 2.82. The standard InChI is InChI=1S/C12H12F3N3/c1-8-4-2-3-5-10(8)16-7-9-6-11(18-17-9)12(13,14)15/h2-6,16H,7H2,1H3,(H,17,18). The maximum atomic E-state index is 12.3. The van der Waals surface area contributed by atoms with E-state index in [0.717, 1.165) is 17.3 Å². The Balaban J connectivity index is 2.03. The zero-order valence-electron chi connectivity index (χ0n) is 9.67. The van der Waals surface area contributed by atoms with E-state index in [1.165, 1.54) is 0 Å². The fraction of sp³-hybridized carbons (Fsp3) is 0.250. The lowest BCUT2D eigenvalue weighted by atomic mass is 10.2. The molecule has 0 amide bonds. The normalized spacial score (nSPS) is 11.6. The highest BCUT2D eigenvalue weighted by molar-refractivity contribution is 5.50. The molecule has 1 heterocycles. The minimum atomic E-state index is -4.41. The number of H-pyrrole nitrogens is 1. The molecule has 0 aliphatic carbocycles. The van der Waals surface area contributed by atoms with Gasteiger partial charge in [-0.05, 0) is 24.6 Å². The molecule has 6 heteroatoms. The number of rotatable bonds is 3. The number of para-hydroxylation sites is 1. The maximum Gasteiger partial charge on any atom is 0.435 e. The van der Waals surface area contributed by atoms with Crippen molar-refractivity contribution in [3.63, 3.8) is 0 Å². The molecule has 0 atom stereocenters. The Morgan fingerprint density at radius 1 is 1.28 bits per heavy atom. The Kier molecular flexibility index (Phi) is 3.27. The summed E-state index contributed by atoms with van der Waals surface area (Å²) in [4.78, 5) is 0. The monoisotopic (exact) mass is 255 g/mol. The number of aromatic amines is 1. The van der Waals surface area contributed by atoms with Crippen LogP contribution < -0.4 is 5.32 Å². The molecular weight excluding hydrogens is 243 g/mol. The summed E-state index contributed by atoms with van der Waals surface area (Å²) in [5.41, 5.74) is 1.42. The highest BCUT2D eigenvalue weighted by Gasteiger charge is 2.33. The fourth-order valence-electron chi connectivity index (χ4n) is 1.56. The van der Waals surface area contributed by atoms with Gasteiger partial charge in [0, 0.05) is 5.69 Å². The zero-order chi connectivity index (χ0) is 13.2. The number of nitrogens with one attached hydrogen (secondary N) is 2. The number of benzene rings is 1. The van der Waals surface area contributed by atoms with E-state index in [1.54, 1.807) is 0 Å². The van der Waals surface area contributed by atoms with Crippen molar-refractivity contribution in [1.82, 2.24) is 10.2 Å². The van der Waals surface area contributed by atoms with Crippen molar-refractivity contribution >= 4 is 5.69 Å². The van der Waals surface area contributed by atoms with Gasteiger partial charge in [0.15, 0.2) is 5.69 Å². The second-order valence-electron chi connectivity index (χ2n) is 3.94. The van der Waals surface area contributed by atoms with Crippen molar-refractivity contribution in [2.24, 2.45) is 0 Å². The van der Waals surface area contributed by atoms with Gasteiger partial charge >= 0.3 is 6.18 Å². The Hall–Kier alpha value is -1.98. The number of aryl methyl sites for hydroxylation is 1. The third-order valence-corrected chi connectivity index (χ3v) is 2.54. The van der Waals surface area contributed by atoms with E-state index in [9.17, 15) is 13.2 Å². The van der Waals surface area contributed by atoms with Gasteiger partial charge in [0.25, 0.3) is 0 Å². The van der Waals surface area contributed by atoms with Crippen molar-refractivity contribution in [2.75, 3.05) is 5.32 Å². The van der Waals surface area contributed by atoms with Crippen molar-refractivity contribution < 1.29 is 13.2 Å². The lowest BCUT2D eigenvalue weighted by Gasteiger charge is -2.07. The van der Waals surface area contributed by atoms with Crippen LogP contribution in [0.25, 0.3) is 0 Å². The topological polar surface area (TPSA) is 40.7 Å². The van der Waals surface area contributed by atoms with Gasteiger partial charge in [-0.1, -0.05) is 18.2 Å². The first-order valence-electron chi connectivity index (χ1n) is 5.38. The highest BCUT2D eigenvalue weighted by Crippen LogP contribution is 2.27. The van der Waals surface area contributed by atoms with Crippen LogP contribution in [0.1, 0.15) is 17.0 Å². The highest BCUT2D eigenvalue weighted by atomic mass is 19.4. The van der Waals surface area contributed by atoms with E-state index in [-0.39, 0.29) is 6.54 Å². The summed E-state index contributed by atoms with van der Waals surface area (Å²) >= 11 is 0. The van der Waals surface area contributed by atoms with Gasteiger partial charge in [-0.25, -0.2) is 0 Å². The first-order valence-corrected chi connectivity index (χ1v) is 5.38.